The lowest BCUT2D eigenvalue weighted by molar-refractivity contribution is -0.144. The van der Waals surface area contributed by atoms with Crippen molar-refractivity contribution < 1.29 is 24.3 Å². The Morgan fingerprint density at radius 2 is 1.77 bits per heavy atom. The summed E-state index contributed by atoms with van der Waals surface area (Å²) in [6.07, 6.45) is 8.90. The van der Waals surface area contributed by atoms with Crippen LogP contribution in [0.15, 0.2) is 42.5 Å². The molecule has 6 unspecified atom stereocenters. The average Bonchev–Trinajstić information content (AvgIpc) is 3.26. The Morgan fingerprint density at radius 1 is 1.05 bits per heavy atom. The Bertz CT molecular complexity index is 1340. The molecular formula is C30H32Cl2N2O5. The van der Waals surface area contributed by atoms with Crippen molar-refractivity contribution in [3.63, 3.8) is 0 Å². The van der Waals surface area contributed by atoms with Crippen LogP contribution in [0.1, 0.15) is 62.0 Å². The Balaban J connectivity index is 1.51. The fourth-order valence-corrected chi connectivity index (χ4v) is 8.99. The topological polar surface area (TPSA) is 95.0 Å². The number of phenols is 1. The maximum Gasteiger partial charge on any atom is 0.253 e. The van der Waals surface area contributed by atoms with Crippen LogP contribution in [0.3, 0.4) is 0 Å². The summed E-state index contributed by atoms with van der Waals surface area (Å²) in [7, 11) is 1.36. The van der Waals surface area contributed by atoms with Crippen molar-refractivity contribution in [2.24, 2.45) is 17.8 Å². The molecule has 1 aromatic carbocycles. The lowest BCUT2D eigenvalue weighted by Crippen LogP contribution is -2.60. The van der Waals surface area contributed by atoms with Crippen LogP contribution in [0.25, 0.3) is 0 Å². The van der Waals surface area contributed by atoms with Crippen LogP contribution in [-0.4, -0.2) is 61.4 Å². The Hall–Kier alpha value is -2.64. The summed E-state index contributed by atoms with van der Waals surface area (Å²) < 4.78 is 0. The predicted molar refractivity (Wildman–Crippen MR) is 146 cm³/mol. The summed E-state index contributed by atoms with van der Waals surface area (Å²) in [5.41, 5.74) is 1.66. The number of benzene rings is 1. The molecule has 0 spiro atoms. The highest BCUT2D eigenvalue weighted by molar-refractivity contribution is 6.53. The number of hydrogen-bond donors (Lipinski definition) is 1. The molecule has 3 aliphatic carbocycles. The molecule has 9 heteroatoms. The summed E-state index contributed by atoms with van der Waals surface area (Å²) in [6, 6.07) is 5.11. The van der Waals surface area contributed by atoms with E-state index in [0.29, 0.717) is 29.5 Å². The largest absolute Gasteiger partial charge is 0.507 e. The second-order valence-corrected chi connectivity index (χ2v) is 12.9. The molecule has 39 heavy (non-hydrogen) atoms. The molecule has 0 bridgehead atoms. The highest BCUT2D eigenvalue weighted by Gasteiger charge is 2.76. The molecule has 4 fully saturated rings. The minimum Gasteiger partial charge on any atom is -0.507 e. The van der Waals surface area contributed by atoms with Gasteiger partial charge in [-0.05, 0) is 43.6 Å². The van der Waals surface area contributed by atoms with Crippen LogP contribution in [0.2, 0.25) is 0 Å². The van der Waals surface area contributed by atoms with Crippen LogP contribution in [-0.2, 0) is 25.6 Å². The normalized spacial score (nSPS) is 36.5. The second kappa shape index (κ2) is 9.20. The number of carbonyl (C=O) groups excluding carboxylic acids is 4. The number of allylic oxidation sites excluding steroid dienone is 3. The molecule has 1 N–H and O–H groups in total. The van der Waals surface area contributed by atoms with E-state index in [1.165, 1.54) is 11.9 Å². The minimum absolute atomic E-state index is 0.0406. The average molecular weight is 572 g/mol. The number of alkyl halides is 2. The van der Waals surface area contributed by atoms with Crippen molar-refractivity contribution in [3.05, 3.63) is 53.6 Å². The van der Waals surface area contributed by atoms with Gasteiger partial charge in [0.2, 0.25) is 11.8 Å². The molecule has 2 aliphatic heterocycles. The third-order valence-corrected chi connectivity index (χ3v) is 11.2. The smallest absolute Gasteiger partial charge is 0.253 e. The monoisotopic (exact) mass is 570 g/mol. The molecule has 5 aliphatic rings. The van der Waals surface area contributed by atoms with E-state index in [0.717, 1.165) is 37.0 Å². The van der Waals surface area contributed by atoms with Crippen LogP contribution in [0, 0.1) is 17.8 Å². The first kappa shape index (κ1) is 26.6. The zero-order valence-corrected chi connectivity index (χ0v) is 23.4. The van der Waals surface area contributed by atoms with Crippen LogP contribution < -0.4 is 0 Å². The van der Waals surface area contributed by atoms with Gasteiger partial charge in [0.15, 0.2) is 9.75 Å². The number of para-hydroxylation sites is 1. The lowest BCUT2D eigenvalue weighted by Gasteiger charge is -2.51. The van der Waals surface area contributed by atoms with Gasteiger partial charge in [0.25, 0.3) is 11.8 Å². The van der Waals surface area contributed by atoms with Crippen molar-refractivity contribution in [1.82, 2.24) is 9.80 Å². The van der Waals surface area contributed by atoms with Crippen LogP contribution in [0.4, 0.5) is 0 Å². The van der Waals surface area contributed by atoms with E-state index >= 15 is 0 Å². The number of amides is 4. The standard InChI is InChI=1S/C30H32Cl2N2O5/c1-3-8-16-9-7-12-20(24(16)35)23-18-13-14-19-22(26(37)34(25(19)36)17-10-5-4-6-11-17)21(18)15-29(31)27(38)33(2)28(39)30(23,29)32/h3,7,9,12-13,17,19,21-23,35H,1,4-6,8,10-11,14-15H2,2H3. The number of phenolic OH excluding ortho intramolecular Hbond substituents is 1. The van der Waals surface area contributed by atoms with E-state index in [9.17, 15) is 24.3 Å². The van der Waals surface area contributed by atoms with Gasteiger partial charge in [-0.1, -0.05) is 55.2 Å². The maximum atomic E-state index is 14.0. The van der Waals surface area contributed by atoms with E-state index in [1.807, 2.05) is 6.08 Å². The number of likely N-dealkylation sites (tertiary alicyclic amines) is 2. The van der Waals surface area contributed by atoms with Gasteiger partial charge >= 0.3 is 0 Å². The number of fused-ring (bicyclic) bond motifs is 4. The lowest BCUT2D eigenvalue weighted by atomic mass is 9.56. The molecule has 0 aromatic heterocycles. The fraction of sp³-hybridized carbons (Fsp3) is 0.533. The first-order valence-electron chi connectivity index (χ1n) is 13.8. The highest BCUT2D eigenvalue weighted by Crippen LogP contribution is 2.66. The van der Waals surface area contributed by atoms with Crippen molar-refractivity contribution in [1.29, 1.82) is 0 Å². The van der Waals surface area contributed by atoms with Crippen molar-refractivity contribution in [3.8, 4) is 5.75 Å². The van der Waals surface area contributed by atoms with Gasteiger partial charge < -0.3 is 5.11 Å². The van der Waals surface area contributed by atoms with Gasteiger partial charge in [-0.15, -0.1) is 29.8 Å². The Morgan fingerprint density at radius 3 is 2.46 bits per heavy atom. The predicted octanol–water partition coefficient (Wildman–Crippen LogP) is 4.44. The minimum atomic E-state index is -1.91. The molecule has 2 saturated heterocycles. The quantitative estimate of drug-likeness (QED) is 0.328. The summed E-state index contributed by atoms with van der Waals surface area (Å²) in [6.45, 7) is 3.76. The number of carbonyl (C=O) groups is 4. The molecule has 6 rings (SSSR count). The number of halogens is 2. The summed E-state index contributed by atoms with van der Waals surface area (Å²) in [5.74, 6) is -4.45. The van der Waals surface area contributed by atoms with Gasteiger partial charge in [-0.25, -0.2) is 0 Å². The number of hydrogen-bond acceptors (Lipinski definition) is 5. The molecule has 6 atom stereocenters. The van der Waals surface area contributed by atoms with E-state index < -0.39 is 45.2 Å². The van der Waals surface area contributed by atoms with Crippen LogP contribution >= 0.6 is 23.2 Å². The summed E-state index contributed by atoms with van der Waals surface area (Å²) in [4.78, 5) is 53.6. The third kappa shape index (κ3) is 3.41. The Labute approximate surface area is 237 Å². The third-order valence-electron chi connectivity index (χ3n) is 9.81. The maximum absolute atomic E-state index is 14.0. The summed E-state index contributed by atoms with van der Waals surface area (Å²) >= 11 is 14.4. The molecule has 0 radical (unpaired) electrons. The molecule has 4 amide bonds. The first-order chi connectivity index (χ1) is 18.6. The molecule has 1 aromatic rings. The Kier molecular flexibility index (Phi) is 6.27. The number of nitrogens with zero attached hydrogens (tertiary/aromatic N) is 2. The van der Waals surface area contributed by atoms with E-state index in [4.69, 9.17) is 23.2 Å². The molecule has 2 heterocycles. The SMILES string of the molecule is C=CCc1cccc(C2C3=CCC4C(=O)N(C5CCCCC5)C(=O)C4C3CC3(Cl)C(=O)N(C)C(=O)C23Cl)c1O. The van der Waals surface area contributed by atoms with Gasteiger partial charge in [-0.2, -0.15) is 0 Å². The second-order valence-electron chi connectivity index (χ2n) is 11.7. The van der Waals surface area contributed by atoms with Gasteiger partial charge in [0.1, 0.15) is 5.75 Å². The zero-order chi connectivity index (χ0) is 27.9. The van der Waals surface area contributed by atoms with Gasteiger partial charge in [0.05, 0.1) is 11.8 Å². The molecular weight excluding hydrogens is 539 g/mol. The molecule has 2 saturated carbocycles. The number of aromatic hydroxyl groups is 1. The zero-order valence-electron chi connectivity index (χ0n) is 21.9. The van der Waals surface area contributed by atoms with Crippen LogP contribution in [0.5, 0.6) is 5.75 Å². The highest BCUT2D eigenvalue weighted by atomic mass is 35.5. The van der Waals surface area contributed by atoms with Gasteiger partial charge in [-0.3, -0.25) is 29.0 Å². The van der Waals surface area contributed by atoms with Gasteiger partial charge in [0, 0.05) is 24.6 Å². The van der Waals surface area contributed by atoms with Crippen molar-refractivity contribution >= 4 is 46.8 Å². The fourth-order valence-electron chi connectivity index (χ4n) is 7.98. The van der Waals surface area contributed by atoms with E-state index in [1.54, 1.807) is 24.3 Å². The summed E-state index contributed by atoms with van der Waals surface area (Å²) in [5, 5.41) is 11.4. The van der Waals surface area contributed by atoms with E-state index in [-0.39, 0.29) is 30.0 Å². The molecule has 206 valence electrons. The molecule has 7 nitrogen and oxygen atoms in total. The van der Waals surface area contributed by atoms with E-state index in [2.05, 4.69) is 6.58 Å². The van der Waals surface area contributed by atoms with Crippen molar-refractivity contribution in [2.75, 3.05) is 7.05 Å². The number of imide groups is 2. The number of rotatable bonds is 4. The first-order valence-corrected chi connectivity index (χ1v) is 14.5. The van der Waals surface area contributed by atoms with Crippen molar-refractivity contribution in [2.45, 2.75) is 73.1 Å².